The summed E-state index contributed by atoms with van der Waals surface area (Å²) in [6.07, 6.45) is 1.76. The Balaban J connectivity index is 1.45. The molecule has 196 valence electrons. The molecule has 1 fully saturated rings. The molecule has 9 nitrogen and oxygen atoms in total. The van der Waals surface area contributed by atoms with E-state index in [4.69, 9.17) is 4.74 Å². The van der Waals surface area contributed by atoms with Crippen molar-refractivity contribution in [2.75, 3.05) is 45.2 Å². The molecule has 11 heteroatoms. The number of hydrogen-bond acceptors (Lipinski definition) is 8. The molecule has 4 heterocycles. The van der Waals surface area contributed by atoms with E-state index < -0.39 is 5.82 Å². The molecule has 1 saturated heterocycles. The van der Waals surface area contributed by atoms with Crippen molar-refractivity contribution in [2.24, 2.45) is 0 Å². The molecule has 2 aromatic carbocycles. The van der Waals surface area contributed by atoms with Gasteiger partial charge in [-0.05, 0) is 44.3 Å². The number of hydrogen-bond donors (Lipinski definition) is 1. The van der Waals surface area contributed by atoms with E-state index in [1.165, 1.54) is 24.5 Å². The molecule has 0 spiro atoms. The van der Waals surface area contributed by atoms with Crippen LogP contribution >= 0.6 is 11.3 Å². The van der Waals surface area contributed by atoms with Gasteiger partial charge in [0.05, 0.1) is 29.6 Å². The summed E-state index contributed by atoms with van der Waals surface area (Å²) in [4.78, 5) is 23.1. The highest BCUT2D eigenvalue weighted by molar-refractivity contribution is 7.15. The Morgan fingerprint density at radius 1 is 1.16 bits per heavy atom. The van der Waals surface area contributed by atoms with E-state index in [-0.39, 0.29) is 17.0 Å². The van der Waals surface area contributed by atoms with Crippen LogP contribution in [0.5, 0.6) is 11.5 Å². The third-order valence-electron chi connectivity index (χ3n) is 7.13. The minimum atomic E-state index is -0.403. The maximum absolute atomic E-state index is 15.3. The number of ether oxygens (including phenoxy) is 1. The molecule has 1 aliphatic heterocycles. The maximum Gasteiger partial charge on any atom is 0.213 e. The second-order valence-electron chi connectivity index (χ2n) is 9.41. The Kier molecular flexibility index (Phi) is 6.04. The summed E-state index contributed by atoms with van der Waals surface area (Å²) in [6, 6.07) is 8.24. The van der Waals surface area contributed by atoms with Crippen molar-refractivity contribution in [1.29, 1.82) is 0 Å². The molecule has 0 unspecified atom stereocenters. The number of anilines is 1. The third-order valence-corrected chi connectivity index (χ3v) is 7.95. The van der Waals surface area contributed by atoms with Crippen LogP contribution in [0.15, 0.2) is 46.7 Å². The number of benzene rings is 2. The topological polar surface area (TPSA) is 88.1 Å². The van der Waals surface area contributed by atoms with E-state index in [0.717, 1.165) is 37.4 Å². The van der Waals surface area contributed by atoms with Gasteiger partial charge in [0.25, 0.3) is 0 Å². The minimum Gasteiger partial charge on any atom is -0.504 e. The Morgan fingerprint density at radius 2 is 1.95 bits per heavy atom. The minimum absolute atomic E-state index is 0.0167. The van der Waals surface area contributed by atoms with Crippen molar-refractivity contribution in [3.63, 3.8) is 0 Å². The summed E-state index contributed by atoms with van der Waals surface area (Å²) in [5, 5.41) is 17.1. The average Bonchev–Trinajstić information content (AvgIpc) is 3.51. The van der Waals surface area contributed by atoms with E-state index in [2.05, 4.69) is 22.0 Å². The smallest absolute Gasteiger partial charge is 0.213 e. The number of thiazole rings is 1. The molecule has 0 aliphatic carbocycles. The zero-order chi connectivity index (χ0) is 26.6. The van der Waals surface area contributed by atoms with E-state index in [1.807, 2.05) is 27.8 Å². The van der Waals surface area contributed by atoms with Crippen molar-refractivity contribution in [3.05, 3.63) is 57.9 Å². The van der Waals surface area contributed by atoms with Crippen molar-refractivity contribution >= 4 is 32.9 Å². The highest BCUT2D eigenvalue weighted by atomic mass is 32.1. The molecule has 3 aromatic heterocycles. The largest absolute Gasteiger partial charge is 0.504 e. The van der Waals surface area contributed by atoms with Crippen LogP contribution < -0.4 is 15.1 Å². The van der Waals surface area contributed by atoms with Gasteiger partial charge in [-0.25, -0.2) is 8.91 Å². The van der Waals surface area contributed by atoms with E-state index in [1.54, 1.807) is 28.9 Å². The van der Waals surface area contributed by atoms with Gasteiger partial charge in [0.15, 0.2) is 17.3 Å². The number of halogens is 1. The number of rotatable bonds is 5. The number of nitrogens with zero attached hydrogens (tertiary/aromatic N) is 6. The zero-order valence-electron chi connectivity index (χ0n) is 21.3. The number of fused-ring (bicyclic) bond motifs is 2. The summed E-state index contributed by atoms with van der Waals surface area (Å²) >= 11 is 1.38. The number of likely N-dealkylation sites (N-methyl/N-ethyl adjacent to an activating group) is 1. The molecule has 5 aromatic rings. The van der Waals surface area contributed by atoms with Gasteiger partial charge in [0.1, 0.15) is 5.82 Å². The average molecular weight is 535 g/mol. The fraction of sp³-hybridized carbons (Fsp3) is 0.296. The third kappa shape index (κ3) is 3.98. The molecule has 0 bridgehead atoms. The van der Waals surface area contributed by atoms with Gasteiger partial charge in [0, 0.05) is 55.3 Å². The predicted molar refractivity (Wildman–Crippen MR) is 147 cm³/mol. The number of methoxy groups -OCH3 is 1. The number of aromatic hydroxyl groups is 1. The lowest BCUT2D eigenvalue weighted by atomic mass is 10.1. The van der Waals surface area contributed by atoms with Gasteiger partial charge >= 0.3 is 0 Å². The van der Waals surface area contributed by atoms with Crippen molar-refractivity contribution in [2.45, 2.75) is 13.5 Å². The van der Waals surface area contributed by atoms with Gasteiger partial charge in [-0.3, -0.25) is 4.79 Å². The molecule has 0 saturated carbocycles. The van der Waals surface area contributed by atoms with Gasteiger partial charge in [-0.1, -0.05) is 0 Å². The highest BCUT2D eigenvalue weighted by Gasteiger charge is 2.22. The lowest BCUT2D eigenvalue weighted by Crippen LogP contribution is -2.44. The summed E-state index contributed by atoms with van der Waals surface area (Å²) in [7, 11) is 3.55. The van der Waals surface area contributed by atoms with Crippen molar-refractivity contribution in [1.82, 2.24) is 24.1 Å². The fourth-order valence-corrected chi connectivity index (χ4v) is 5.78. The van der Waals surface area contributed by atoms with Crippen LogP contribution in [0.2, 0.25) is 0 Å². The first-order chi connectivity index (χ1) is 18.4. The molecule has 1 aliphatic rings. The second kappa shape index (κ2) is 9.41. The van der Waals surface area contributed by atoms with Crippen molar-refractivity contribution in [3.8, 4) is 34.1 Å². The van der Waals surface area contributed by atoms with Crippen LogP contribution in [0.3, 0.4) is 0 Å². The van der Waals surface area contributed by atoms with E-state index in [9.17, 15) is 9.90 Å². The number of phenols is 1. The maximum atomic E-state index is 15.3. The zero-order valence-corrected chi connectivity index (χ0v) is 22.1. The standard InChI is InChI=1S/C27H27FN6O3S/c1-4-32-14-18(25(36)17-12-19(28)21(13-20(17)32)33-9-7-31(2)8-10-33)26-29-27-34(30-26)22(15-38-27)16-5-6-24(37-3)23(35)11-16/h5-6,11-15,35H,4,7-10H2,1-3H3. The Morgan fingerprint density at radius 3 is 2.66 bits per heavy atom. The first kappa shape index (κ1) is 24.4. The number of piperazine rings is 1. The van der Waals surface area contributed by atoms with Gasteiger partial charge < -0.3 is 24.2 Å². The first-order valence-electron chi connectivity index (χ1n) is 12.4. The summed E-state index contributed by atoms with van der Waals surface area (Å²) in [5.74, 6) is 0.259. The van der Waals surface area contributed by atoms with Gasteiger partial charge in [-0.15, -0.1) is 16.4 Å². The van der Waals surface area contributed by atoms with Crippen LogP contribution in [0.25, 0.3) is 38.5 Å². The van der Waals surface area contributed by atoms with Crippen LogP contribution in [0, 0.1) is 5.82 Å². The molecule has 0 radical (unpaired) electrons. The molecular weight excluding hydrogens is 507 g/mol. The van der Waals surface area contributed by atoms with E-state index in [0.29, 0.717) is 39.4 Å². The molecule has 6 rings (SSSR count). The molecule has 1 N–H and O–H groups in total. The monoisotopic (exact) mass is 534 g/mol. The molecular formula is C27H27FN6O3S. The Bertz CT molecular complexity index is 1730. The summed E-state index contributed by atoms with van der Waals surface area (Å²) in [5.41, 5.74) is 2.66. The fourth-order valence-electron chi connectivity index (χ4n) is 4.95. The lowest BCUT2D eigenvalue weighted by molar-refractivity contribution is 0.312. The summed E-state index contributed by atoms with van der Waals surface area (Å²) in [6.45, 7) is 5.76. The van der Waals surface area contributed by atoms with Crippen molar-refractivity contribution < 1.29 is 14.2 Å². The number of aryl methyl sites for hydroxylation is 1. The van der Waals surface area contributed by atoms with Gasteiger partial charge in [-0.2, -0.15) is 4.98 Å². The predicted octanol–water partition coefficient (Wildman–Crippen LogP) is 4.06. The Hall–Kier alpha value is -3.96. The normalized spacial score (nSPS) is 14.6. The lowest BCUT2D eigenvalue weighted by Gasteiger charge is -2.34. The van der Waals surface area contributed by atoms with Crippen LogP contribution in [0.1, 0.15) is 6.92 Å². The molecule has 38 heavy (non-hydrogen) atoms. The van der Waals surface area contributed by atoms with Crippen LogP contribution in [-0.2, 0) is 6.54 Å². The quantitative estimate of drug-likeness (QED) is 0.364. The molecule has 0 atom stereocenters. The molecule has 0 amide bonds. The van der Waals surface area contributed by atoms with Crippen LogP contribution in [0.4, 0.5) is 10.1 Å². The SMILES string of the molecule is CCn1cc(-c2nc3scc(-c4ccc(OC)c(O)c4)n3n2)c(=O)c2cc(F)c(N3CCN(C)CC3)cc21. The number of aromatic nitrogens is 4. The first-order valence-corrected chi connectivity index (χ1v) is 13.3. The highest BCUT2D eigenvalue weighted by Crippen LogP contribution is 2.34. The summed E-state index contributed by atoms with van der Waals surface area (Å²) < 4.78 is 24.1. The second-order valence-corrected chi connectivity index (χ2v) is 10.2. The Labute approximate surface area is 221 Å². The number of pyridine rings is 1. The number of phenolic OH excluding ortho intramolecular Hbond substituents is 1. The van der Waals surface area contributed by atoms with E-state index >= 15 is 4.39 Å². The van der Waals surface area contributed by atoms with Crippen LogP contribution in [-0.4, -0.2) is 69.5 Å². The van der Waals surface area contributed by atoms with Gasteiger partial charge in [0.2, 0.25) is 10.4 Å².